The van der Waals surface area contributed by atoms with Crippen molar-refractivity contribution in [2.24, 2.45) is 0 Å². The van der Waals surface area contributed by atoms with E-state index in [4.69, 9.17) is 4.74 Å². The molecule has 27 heavy (non-hydrogen) atoms. The minimum absolute atomic E-state index is 0.0931. The molecule has 2 atom stereocenters. The molecule has 2 fully saturated rings. The zero-order valence-electron chi connectivity index (χ0n) is 15.9. The summed E-state index contributed by atoms with van der Waals surface area (Å²) in [7, 11) is -3.51. The Kier molecular flexibility index (Phi) is 5.71. The summed E-state index contributed by atoms with van der Waals surface area (Å²) in [5.74, 6) is 0. The van der Waals surface area contributed by atoms with Crippen LogP contribution >= 0.6 is 0 Å². The maximum Gasteiger partial charge on any atom is 0.282 e. The summed E-state index contributed by atoms with van der Waals surface area (Å²) in [6.45, 7) is 8.08. The average molecular weight is 398 g/mol. The number of nitrogens with zero attached hydrogens (tertiary/aromatic N) is 4. The van der Waals surface area contributed by atoms with E-state index in [-0.39, 0.29) is 17.9 Å². The predicted octanol–water partition coefficient (Wildman–Crippen LogP) is 1.38. The Hall–Kier alpha value is -1.75. The second kappa shape index (κ2) is 7.70. The van der Waals surface area contributed by atoms with E-state index in [2.05, 4.69) is 4.90 Å². The minimum atomic E-state index is -3.51. The van der Waals surface area contributed by atoms with E-state index in [9.17, 15) is 18.5 Å². The maximum absolute atomic E-state index is 13.0. The van der Waals surface area contributed by atoms with Gasteiger partial charge in [-0.2, -0.15) is 17.0 Å². The van der Waals surface area contributed by atoms with E-state index in [1.54, 1.807) is 19.1 Å². The molecule has 1 aromatic carbocycles. The van der Waals surface area contributed by atoms with Crippen molar-refractivity contribution >= 4 is 21.6 Å². The second-order valence-corrected chi connectivity index (χ2v) is 9.12. The summed E-state index contributed by atoms with van der Waals surface area (Å²) in [6.07, 6.45) is -0.235. The molecule has 3 rings (SSSR count). The first kappa shape index (κ1) is 20.0. The Labute approximate surface area is 159 Å². The van der Waals surface area contributed by atoms with E-state index in [0.717, 1.165) is 5.69 Å². The molecule has 150 valence electrons. The Balaban J connectivity index is 1.66. The summed E-state index contributed by atoms with van der Waals surface area (Å²) in [5.41, 5.74) is 1.57. The van der Waals surface area contributed by atoms with E-state index in [1.165, 1.54) is 14.7 Å². The molecule has 0 amide bonds. The number of rotatable bonds is 4. The molecule has 0 aromatic heterocycles. The molecule has 10 heteroatoms. The SMILES string of the molecule is Cc1cc(N2CCN(S(=O)(=O)N3CC(C)OC(C)C3)CC2)ccc1[N+](=O)[O-]. The second-order valence-electron chi connectivity index (χ2n) is 7.20. The van der Waals surface area contributed by atoms with E-state index in [1.807, 2.05) is 13.8 Å². The Morgan fingerprint density at radius 1 is 1.07 bits per heavy atom. The molecule has 0 aliphatic carbocycles. The van der Waals surface area contributed by atoms with Crippen LogP contribution in [-0.2, 0) is 14.9 Å². The van der Waals surface area contributed by atoms with Crippen molar-refractivity contribution in [2.75, 3.05) is 44.2 Å². The van der Waals surface area contributed by atoms with Crippen molar-refractivity contribution < 1.29 is 18.1 Å². The number of hydrogen-bond acceptors (Lipinski definition) is 6. The molecule has 2 saturated heterocycles. The fraction of sp³-hybridized carbons (Fsp3) is 0.647. The maximum atomic E-state index is 13.0. The van der Waals surface area contributed by atoms with Crippen LogP contribution in [-0.4, -0.2) is 73.4 Å². The first-order chi connectivity index (χ1) is 12.7. The molecule has 2 unspecified atom stereocenters. The quantitative estimate of drug-likeness (QED) is 0.562. The summed E-state index contributed by atoms with van der Waals surface area (Å²) in [6, 6.07) is 5.01. The molecule has 1 aromatic rings. The lowest BCUT2D eigenvalue weighted by atomic mass is 10.1. The Morgan fingerprint density at radius 2 is 1.67 bits per heavy atom. The largest absolute Gasteiger partial charge is 0.373 e. The zero-order chi connectivity index (χ0) is 19.8. The predicted molar refractivity (Wildman–Crippen MR) is 102 cm³/mol. The zero-order valence-corrected chi connectivity index (χ0v) is 16.7. The van der Waals surface area contributed by atoms with Crippen molar-refractivity contribution in [3.63, 3.8) is 0 Å². The number of morpholine rings is 1. The molecular formula is C17H26N4O5S. The van der Waals surface area contributed by atoms with Crippen molar-refractivity contribution in [3.8, 4) is 0 Å². The lowest BCUT2D eigenvalue weighted by Crippen LogP contribution is -2.57. The van der Waals surface area contributed by atoms with Crippen molar-refractivity contribution in [1.82, 2.24) is 8.61 Å². The van der Waals surface area contributed by atoms with Gasteiger partial charge >= 0.3 is 0 Å². The van der Waals surface area contributed by atoms with Gasteiger partial charge in [0.25, 0.3) is 15.9 Å². The third-order valence-electron chi connectivity index (χ3n) is 5.02. The highest BCUT2D eigenvalue weighted by molar-refractivity contribution is 7.86. The topological polar surface area (TPSA) is 96.2 Å². The van der Waals surface area contributed by atoms with Gasteiger partial charge in [0.1, 0.15) is 0 Å². The van der Waals surface area contributed by atoms with Gasteiger partial charge in [0.15, 0.2) is 0 Å². The Bertz CT molecular complexity index is 798. The van der Waals surface area contributed by atoms with Crippen molar-refractivity contribution in [3.05, 3.63) is 33.9 Å². The highest BCUT2D eigenvalue weighted by atomic mass is 32.2. The van der Waals surface area contributed by atoms with Crippen LogP contribution in [0.25, 0.3) is 0 Å². The molecule has 2 aliphatic rings. The lowest BCUT2D eigenvalue weighted by molar-refractivity contribution is -0.385. The molecular weight excluding hydrogens is 372 g/mol. The first-order valence-electron chi connectivity index (χ1n) is 9.09. The van der Waals surface area contributed by atoms with Crippen LogP contribution in [0.2, 0.25) is 0 Å². The van der Waals surface area contributed by atoms with Gasteiger partial charge in [0, 0.05) is 56.6 Å². The van der Waals surface area contributed by atoms with Gasteiger partial charge in [0.05, 0.1) is 17.1 Å². The summed E-state index contributed by atoms with van der Waals surface area (Å²) >= 11 is 0. The van der Waals surface area contributed by atoms with Gasteiger partial charge in [-0.05, 0) is 32.9 Å². The van der Waals surface area contributed by atoms with E-state index >= 15 is 0 Å². The average Bonchev–Trinajstić information content (AvgIpc) is 2.60. The molecule has 0 radical (unpaired) electrons. The number of nitro benzene ring substituents is 1. The van der Waals surface area contributed by atoms with Crippen LogP contribution in [0.3, 0.4) is 0 Å². The van der Waals surface area contributed by atoms with Crippen LogP contribution in [0.5, 0.6) is 0 Å². The monoisotopic (exact) mass is 398 g/mol. The normalized spacial score (nSPS) is 25.5. The third-order valence-corrected chi connectivity index (χ3v) is 6.99. The number of nitro groups is 1. The number of hydrogen-bond donors (Lipinski definition) is 0. The fourth-order valence-electron chi connectivity index (χ4n) is 3.70. The van der Waals surface area contributed by atoms with Crippen LogP contribution in [0.4, 0.5) is 11.4 Å². The van der Waals surface area contributed by atoms with Gasteiger partial charge in [0.2, 0.25) is 0 Å². The van der Waals surface area contributed by atoms with Gasteiger partial charge in [-0.3, -0.25) is 10.1 Å². The number of benzene rings is 1. The Morgan fingerprint density at radius 3 is 2.19 bits per heavy atom. The highest BCUT2D eigenvalue weighted by Crippen LogP contribution is 2.26. The number of aryl methyl sites for hydroxylation is 1. The molecule has 0 saturated carbocycles. The highest BCUT2D eigenvalue weighted by Gasteiger charge is 2.36. The molecule has 0 bridgehead atoms. The molecule has 0 N–H and O–H groups in total. The summed E-state index contributed by atoms with van der Waals surface area (Å²) < 4.78 is 34.6. The number of ether oxygens (including phenoxy) is 1. The van der Waals surface area contributed by atoms with Crippen LogP contribution in [0, 0.1) is 17.0 Å². The molecule has 2 heterocycles. The van der Waals surface area contributed by atoms with Crippen LogP contribution in [0.15, 0.2) is 18.2 Å². The number of piperazine rings is 1. The van der Waals surface area contributed by atoms with Gasteiger partial charge in [-0.1, -0.05) is 0 Å². The molecule has 0 spiro atoms. The van der Waals surface area contributed by atoms with Gasteiger partial charge < -0.3 is 9.64 Å². The fourth-order valence-corrected chi connectivity index (χ4v) is 5.45. The van der Waals surface area contributed by atoms with Gasteiger partial charge in [-0.25, -0.2) is 0 Å². The molecule has 2 aliphatic heterocycles. The third kappa shape index (κ3) is 4.23. The summed E-state index contributed by atoms with van der Waals surface area (Å²) in [4.78, 5) is 12.6. The van der Waals surface area contributed by atoms with Gasteiger partial charge in [-0.15, -0.1) is 0 Å². The standard InChI is InChI=1S/C17H26N4O5S/c1-13-10-16(4-5-17(13)21(22)23)18-6-8-19(9-7-18)27(24,25)20-11-14(2)26-15(3)12-20/h4-5,10,14-15H,6-9,11-12H2,1-3H3. The van der Waals surface area contributed by atoms with Crippen LogP contribution in [0.1, 0.15) is 19.4 Å². The van der Waals surface area contributed by atoms with Crippen LogP contribution < -0.4 is 4.90 Å². The van der Waals surface area contributed by atoms with E-state index < -0.39 is 15.1 Å². The molecule has 9 nitrogen and oxygen atoms in total. The van der Waals surface area contributed by atoms with Crippen molar-refractivity contribution in [1.29, 1.82) is 0 Å². The lowest BCUT2D eigenvalue weighted by Gasteiger charge is -2.40. The van der Waals surface area contributed by atoms with E-state index in [0.29, 0.717) is 44.8 Å². The van der Waals surface area contributed by atoms with Crippen molar-refractivity contribution in [2.45, 2.75) is 33.0 Å². The first-order valence-corrected chi connectivity index (χ1v) is 10.5. The number of anilines is 1. The summed E-state index contributed by atoms with van der Waals surface area (Å²) in [5, 5.41) is 11.0. The minimum Gasteiger partial charge on any atom is -0.373 e. The smallest absolute Gasteiger partial charge is 0.282 e.